The number of allylic oxidation sites excluding steroid dienone is 6. The zero-order valence-electron chi connectivity index (χ0n) is 35.5. The Bertz CT molecular complexity index is 3270. The van der Waals surface area contributed by atoms with Crippen molar-refractivity contribution < 1.29 is 61.3 Å². The van der Waals surface area contributed by atoms with Crippen LogP contribution >= 0.6 is 0 Å². The average Bonchev–Trinajstić information content (AvgIpc) is 3.55. The monoisotopic (exact) mass is 954 g/mol. The summed E-state index contributed by atoms with van der Waals surface area (Å²) < 4.78 is 141. The van der Waals surface area contributed by atoms with Gasteiger partial charge >= 0.3 is 0 Å². The first-order chi connectivity index (χ1) is 29.6. The molecule has 340 valence electrons. The number of nitrogens with zero attached hydrogens (tertiary/aromatic N) is 2. The van der Waals surface area contributed by atoms with E-state index in [0.717, 1.165) is 11.4 Å². The standard InChI is InChI=1S/C44H47N3O13S4/c1-7-22-45-40(48)17-13-10-14-23-47-35-21-19-31-33(25-29(62(52,53)54)27-37(31)64(58,59)60)42(35)44(5,6)39(47)16-12-9-11-15-38-43(3,4)41-32-24-28(61(49,50)51)26-36(63(55,56)57)30(32)18-20-34(41)46(38)8-2/h1,9,11-12,15-16,18-21,24-27H,8,10,13-14,17,22-23H2,2-6H3,(H4-,45,48,49,50,51,52,53,54,55,56,57,58,59,60)/p+1. The second-order valence-corrected chi connectivity index (χ2v) is 22.1. The quantitative estimate of drug-likeness (QED) is 0.0281. The Morgan fingerprint density at radius 1 is 0.719 bits per heavy atom. The number of benzene rings is 4. The summed E-state index contributed by atoms with van der Waals surface area (Å²) in [5.41, 5.74) is 2.14. The van der Waals surface area contributed by atoms with Crippen LogP contribution in [0.5, 0.6) is 0 Å². The second-order valence-electron chi connectivity index (χ2n) is 16.5. The number of carbonyl (C=O) groups excluding carboxylic acids is 1. The Labute approximate surface area is 373 Å². The molecule has 0 unspecified atom stereocenters. The molecule has 64 heavy (non-hydrogen) atoms. The highest BCUT2D eigenvalue weighted by Crippen LogP contribution is 2.52. The Morgan fingerprint density at radius 2 is 1.28 bits per heavy atom. The van der Waals surface area contributed by atoms with Crippen molar-refractivity contribution in [1.29, 1.82) is 0 Å². The van der Waals surface area contributed by atoms with Gasteiger partial charge in [-0.05, 0) is 92.4 Å². The second kappa shape index (κ2) is 17.3. The Balaban J connectivity index is 1.42. The smallest absolute Gasteiger partial charge is 0.295 e. The molecule has 2 aliphatic rings. The van der Waals surface area contributed by atoms with E-state index >= 15 is 0 Å². The lowest BCUT2D eigenvalue weighted by molar-refractivity contribution is -0.438. The van der Waals surface area contributed by atoms with E-state index in [1.165, 1.54) is 24.3 Å². The van der Waals surface area contributed by atoms with Gasteiger partial charge in [0.05, 0.1) is 21.8 Å². The van der Waals surface area contributed by atoms with Crippen LogP contribution in [-0.2, 0) is 56.1 Å². The predicted octanol–water partition coefficient (Wildman–Crippen LogP) is 6.48. The molecule has 2 aliphatic heterocycles. The third-order valence-electron chi connectivity index (χ3n) is 11.7. The summed E-state index contributed by atoms with van der Waals surface area (Å²) in [6.45, 7) is 10.4. The summed E-state index contributed by atoms with van der Waals surface area (Å²) in [6.07, 6.45) is 16.4. The fraction of sp³-hybridized carbons (Fsp3) is 0.318. The van der Waals surface area contributed by atoms with Gasteiger partial charge in [0, 0.05) is 64.7 Å². The summed E-state index contributed by atoms with van der Waals surface area (Å²) in [4.78, 5) is 11.4. The summed E-state index contributed by atoms with van der Waals surface area (Å²) in [7, 11) is -19.7. The highest BCUT2D eigenvalue weighted by molar-refractivity contribution is 7.87. The van der Waals surface area contributed by atoms with Crippen molar-refractivity contribution in [3.05, 3.63) is 95.7 Å². The van der Waals surface area contributed by atoms with Crippen molar-refractivity contribution >= 4 is 85.0 Å². The van der Waals surface area contributed by atoms with Crippen molar-refractivity contribution in [2.75, 3.05) is 24.5 Å². The molecular formula is C44H48N3O13S4+. The third-order valence-corrected chi connectivity index (χ3v) is 15.1. The van der Waals surface area contributed by atoms with Gasteiger partial charge in [0.2, 0.25) is 11.6 Å². The van der Waals surface area contributed by atoms with E-state index in [1.54, 1.807) is 30.4 Å². The number of carbonyl (C=O) groups is 1. The lowest BCUT2D eigenvalue weighted by Gasteiger charge is -2.26. The van der Waals surface area contributed by atoms with E-state index < -0.39 is 70.9 Å². The molecule has 0 aromatic heterocycles. The minimum atomic E-state index is -4.95. The van der Waals surface area contributed by atoms with Crippen LogP contribution < -0.4 is 10.2 Å². The van der Waals surface area contributed by atoms with E-state index in [4.69, 9.17) is 6.42 Å². The molecule has 0 aliphatic carbocycles. The average molecular weight is 955 g/mol. The van der Waals surface area contributed by atoms with Gasteiger partial charge in [0.15, 0.2) is 5.71 Å². The number of unbranched alkanes of at least 4 members (excludes halogenated alkanes) is 2. The molecule has 0 fully saturated rings. The number of terminal acetylenes is 1. The fourth-order valence-electron chi connectivity index (χ4n) is 8.91. The lowest BCUT2D eigenvalue weighted by Crippen LogP contribution is -2.28. The predicted molar refractivity (Wildman–Crippen MR) is 243 cm³/mol. The minimum absolute atomic E-state index is 0.0493. The van der Waals surface area contributed by atoms with E-state index in [1.807, 2.05) is 56.2 Å². The molecule has 0 saturated heterocycles. The van der Waals surface area contributed by atoms with Crippen molar-refractivity contribution in [2.45, 2.75) is 90.7 Å². The van der Waals surface area contributed by atoms with E-state index in [9.17, 15) is 56.7 Å². The van der Waals surface area contributed by atoms with Gasteiger partial charge < -0.3 is 10.2 Å². The lowest BCUT2D eigenvalue weighted by atomic mass is 9.79. The molecule has 0 saturated carbocycles. The molecule has 2 heterocycles. The van der Waals surface area contributed by atoms with Crippen LogP contribution in [-0.4, -0.2) is 87.7 Å². The van der Waals surface area contributed by atoms with Crippen LogP contribution in [0.3, 0.4) is 0 Å². The van der Waals surface area contributed by atoms with Gasteiger partial charge in [-0.2, -0.15) is 38.2 Å². The molecule has 4 aromatic rings. The molecule has 0 radical (unpaired) electrons. The highest BCUT2D eigenvalue weighted by Gasteiger charge is 2.46. The SMILES string of the molecule is C#CCNC(=O)CCCCC[N+]1=C(/C=C/C=C/C=C2/N(CC)c3ccc4c(S(=O)(=O)O)cc(S(=O)(=O)O)cc4c3C2(C)C)C(C)(C)c2c1ccc1c(S(=O)(=O)O)cc(S(=O)(=O)O)cc21. The van der Waals surface area contributed by atoms with E-state index in [-0.39, 0.29) is 40.4 Å². The summed E-state index contributed by atoms with van der Waals surface area (Å²) in [5, 5.41) is 3.16. The zero-order chi connectivity index (χ0) is 47.4. The number of anilines is 1. The van der Waals surface area contributed by atoms with Crippen molar-refractivity contribution in [3.63, 3.8) is 0 Å². The third kappa shape index (κ3) is 9.17. The summed E-state index contributed by atoms with van der Waals surface area (Å²) in [5.74, 6) is 2.19. The van der Waals surface area contributed by atoms with Crippen molar-refractivity contribution in [1.82, 2.24) is 5.32 Å². The van der Waals surface area contributed by atoms with Gasteiger partial charge in [0.25, 0.3) is 40.5 Å². The normalized spacial score (nSPS) is 16.9. The number of rotatable bonds is 15. The van der Waals surface area contributed by atoms with Crippen LogP contribution in [0.15, 0.2) is 104 Å². The van der Waals surface area contributed by atoms with Crippen LogP contribution in [0.25, 0.3) is 21.5 Å². The van der Waals surface area contributed by atoms with Crippen molar-refractivity contribution in [2.24, 2.45) is 0 Å². The number of fused-ring (bicyclic) bond motifs is 6. The van der Waals surface area contributed by atoms with Crippen LogP contribution in [0.1, 0.15) is 71.4 Å². The number of hydrogen-bond acceptors (Lipinski definition) is 10. The number of likely N-dealkylation sites (N-methyl/N-ethyl adjacent to an activating group) is 1. The first-order valence-corrected chi connectivity index (χ1v) is 25.7. The van der Waals surface area contributed by atoms with Gasteiger partial charge in [-0.25, -0.2) is 0 Å². The largest absolute Gasteiger partial charge is 0.345 e. The maximum atomic E-state index is 12.6. The Kier molecular flexibility index (Phi) is 13.0. The Morgan fingerprint density at radius 3 is 1.81 bits per heavy atom. The van der Waals surface area contributed by atoms with Gasteiger partial charge in [0.1, 0.15) is 16.3 Å². The maximum Gasteiger partial charge on any atom is 0.295 e. The topological polar surface area (TPSA) is 253 Å². The number of amides is 1. The van der Waals surface area contributed by atoms with E-state index in [0.29, 0.717) is 67.0 Å². The molecule has 4 aromatic carbocycles. The minimum Gasteiger partial charge on any atom is -0.345 e. The van der Waals surface area contributed by atoms with Gasteiger partial charge in [-0.15, -0.1) is 6.42 Å². The fourth-order valence-corrected chi connectivity index (χ4v) is 11.6. The Hall–Kier alpha value is -5.24. The molecule has 1 amide bonds. The molecule has 0 spiro atoms. The van der Waals surface area contributed by atoms with Gasteiger partial charge in [-0.1, -0.05) is 44.1 Å². The summed E-state index contributed by atoms with van der Waals surface area (Å²) in [6, 6.07) is 10.1. The van der Waals surface area contributed by atoms with Gasteiger partial charge in [-0.3, -0.25) is 23.0 Å². The first-order valence-electron chi connectivity index (χ1n) is 20.0. The van der Waals surface area contributed by atoms with Crippen molar-refractivity contribution in [3.8, 4) is 12.3 Å². The molecule has 0 bridgehead atoms. The van der Waals surface area contributed by atoms with Crippen LogP contribution in [0.4, 0.5) is 11.4 Å². The molecule has 5 N–H and O–H groups in total. The molecular weight excluding hydrogens is 907 g/mol. The zero-order valence-corrected chi connectivity index (χ0v) is 38.8. The van der Waals surface area contributed by atoms with E-state index in [2.05, 4.69) is 11.2 Å². The van der Waals surface area contributed by atoms with Crippen LogP contribution in [0.2, 0.25) is 0 Å². The molecule has 0 atom stereocenters. The molecule has 20 heteroatoms. The first kappa shape index (κ1) is 48.2. The molecule has 16 nitrogen and oxygen atoms in total. The number of hydrogen-bond donors (Lipinski definition) is 5. The molecule has 6 rings (SSSR count). The number of nitrogens with one attached hydrogen (secondary N) is 1. The summed E-state index contributed by atoms with van der Waals surface area (Å²) >= 11 is 0. The highest BCUT2D eigenvalue weighted by atomic mass is 32.2. The van der Waals surface area contributed by atoms with Crippen LogP contribution in [0, 0.1) is 12.3 Å². The maximum absolute atomic E-state index is 12.6.